The molecule has 2 fully saturated rings. The van der Waals surface area contributed by atoms with Crippen molar-refractivity contribution in [1.29, 1.82) is 0 Å². The molecule has 0 spiro atoms. The Labute approximate surface area is 178 Å². The summed E-state index contributed by atoms with van der Waals surface area (Å²) in [5.41, 5.74) is 0. The molecule has 0 radical (unpaired) electrons. The second-order valence-corrected chi connectivity index (χ2v) is 9.34. The smallest absolute Gasteiger partial charge is 0.320 e. The first kappa shape index (κ1) is 26.0. The van der Waals surface area contributed by atoms with E-state index in [9.17, 15) is 9.59 Å². The van der Waals surface area contributed by atoms with Crippen molar-refractivity contribution < 1.29 is 14.7 Å². The van der Waals surface area contributed by atoms with Gasteiger partial charge >= 0.3 is 5.97 Å². The van der Waals surface area contributed by atoms with Gasteiger partial charge in [-0.2, -0.15) is 0 Å². The molecule has 0 aromatic carbocycles. The van der Waals surface area contributed by atoms with Gasteiger partial charge < -0.3 is 5.11 Å². The van der Waals surface area contributed by atoms with Crippen molar-refractivity contribution in [2.75, 3.05) is 0 Å². The first-order valence-electron chi connectivity index (χ1n) is 9.79. The molecule has 2 rings (SSSR count). The van der Waals surface area contributed by atoms with Crippen LogP contribution in [0.2, 0.25) is 0 Å². The SMILES string of the molecule is C#C[C@H]1CC[C@@H](C(=O)O)N1.C#C[C@H]1CC[C@@H](C)C1C(=O)CC.CCC(C)I. The van der Waals surface area contributed by atoms with Gasteiger partial charge in [-0.1, -0.05) is 56.2 Å². The number of nitrogens with one attached hydrogen (secondary N) is 1. The zero-order valence-corrected chi connectivity index (χ0v) is 19.2. The minimum absolute atomic E-state index is 0.0406. The van der Waals surface area contributed by atoms with Gasteiger partial charge in [0, 0.05) is 22.2 Å². The Morgan fingerprint density at radius 3 is 2.11 bits per heavy atom. The topological polar surface area (TPSA) is 66.4 Å². The summed E-state index contributed by atoms with van der Waals surface area (Å²) in [6, 6.07) is -0.470. The molecule has 0 aromatic heterocycles. The number of Topliss-reactive ketones (excluding diaryl/α,β-unsaturated/α-hetero) is 1. The normalized spacial score (nSPS) is 29.8. The fourth-order valence-corrected chi connectivity index (χ4v) is 3.23. The molecule has 152 valence electrons. The highest BCUT2D eigenvalue weighted by atomic mass is 127. The Morgan fingerprint density at radius 2 is 1.78 bits per heavy atom. The van der Waals surface area contributed by atoms with Crippen molar-refractivity contribution in [1.82, 2.24) is 5.32 Å². The number of carboxylic acids is 1. The van der Waals surface area contributed by atoms with Gasteiger partial charge in [-0.3, -0.25) is 14.9 Å². The van der Waals surface area contributed by atoms with Gasteiger partial charge in [-0.05, 0) is 38.0 Å². The van der Waals surface area contributed by atoms with Gasteiger partial charge in [0.2, 0.25) is 0 Å². The average molecular weight is 487 g/mol. The van der Waals surface area contributed by atoms with Gasteiger partial charge in [0.25, 0.3) is 0 Å². The summed E-state index contributed by atoms with van der Waals surface area (Å²) in [4.78, 5) is 21.8. The van der Waals surface area contributed by atoms with Crippen LogP contribution in [0.1, 0.15) is 66.2 Å². The molecule has 6 atom stereocenters. The van der Waals surface area contributed by atoms with Gasteiger partial charge in [-0.15, -0.1) is 18.8 Å². The van der Waals surface area contributed by atoms with Crippen LogP contribution in [-0.2, 0) is 9.59 Å². The molecule has 0 aromatic rings. The van der Waals surface area contributed by atoms with E-state index in [1.807, 2.05) is 6.92 Å². The van der Waals surface area contributed by atoms with Crippen molar-refractivity contribution in [3.05, 3.63) is 0 Å². The fourth-order valence-electron chi connectivity index (χ4n) is 3.23. The molecular formula is C22H34INO3. The average Bonchev–Trinajstić information content (AvgIpc) is 3.28. The van der Waals surface area contributed by atoms with Crippen LogP contribution >= 0.6 is 22.6 Å². The lowest BCUT2D eigenvalue weighted by Crippen LogP contribution is -2.34. The van der Waals surface area contributed by atoms with E-state index in [2.05, 4.69) is 60.5 Å². The Balaban J connectivity index is 0.000000408. The van der Waals surface area contributed by atoms with E-state index < -0.39 is 12.0 Å². The molecule has 1 aliphatic carbocycles. The first-order valence-corrected chi connectivity index (χ1v) is 11.0. The van der Waals surface area contributed by atoms with E-state index in [0.29, 0.717) is 24.5 Å². The number of hydrogen-bond acceptors (Lipinski definition) is 3. The highest BCUT2D eigenvalue weighted by molar-refractivity contribution is 14.1. The third-order valence-corrected chi connectivity index (χ3v) is 6.00. The monoisotopic (exact) mass is 487 g/mol. The lowest BCUT2D eigenvalue weighted by molar-refractivity contribution is -0.139. The molecule has 1 saturated carbocycles. The number of carbonyl (C=O) groups is 2. The number of carboxylic acid groups (broad SMARTS) is 1. The van der Waals surface area contributed by atoms with Crippen LogP contribution in [0.5, 0.6) is 0 Å². The van der Waals surface area contributed by atoms with E-state index in [-0.39, 0.29) is 17.9 Å². The van der Waals surface area contributed by atoms with E-state index in [1.54, 1.807) is 0 Å². The fraction of sp³-hybridized carbons (Fsp3) is 0.727. The molecule has 1 heterocycles. The van der Waals surface area contributed by atoms with Crippen LogP contribution < -0.4 is 5.32 Å². The summed E-state index contributed by atoms with van der Waals surface area (Å²) in [5.74, 6) is 5.62. The highest BCUT2D eigenvalue weighted by Crippen LogP contribution is 2.37. The summed E-state index contributed by atoms with van der Waals surface area (Å²) < 4.78 is 0.854. The Kier molecular flexibility index (Phi) is 13.5. The molecule has 5 heteroatoms. The van der Waals surface area contributed by atoms with Crippen molar-refractivity contribution in [2.24, 2.45) is 17.8 Å². The van der Waals surface area contributed by atoms with Crippen LogP contribution in [0.25, 0.3) is 0 Å². The Morgan fingerprint density at radius 1 is 1.19 bits per heavy atom. The van der Waals surface area contributed by atoms with Crippen LogP contribution in [0.4, 0.5) is 0 Å². The molecule has 1 aliphatic heterocycles. The number of halogens is 1. The van der Waals surface area contributed by atoms with E-state index in [4.69, 9.17) is 18.0 Å². The van der Waals surface area contributed by atoms with Gasteiger partial charge in [0.05, 0.1) is 6.04 Å². The molecule has 1 saturated heterocycles. The maximum absolute atomic E-state index is 11.5. The minimum Gasteiger partial charge on any atom is -0.480 e. The summed E-state index contributed by atoms with van der Waals surface area (Å²) in [6.45, 7) is 8.45. The van der Waals surface area contributed by atoms with Crippen molar-refractivity contribution in [3.8, 4) is 24.7 Å². The Hall–Kier alpha value is -1.05. The van der Waals surface area contributed by atoms with Crippen molar-refractivity contribution in [2.45, 2.75) is 82.2 Å². The van der Waals surface area contributed by atoms with Crippen LogP contribution in [0.15, 0.2) is 0 Å². The largest absolute Gasteiger partial charge is 0.480 e. The minimum atomic E-state index is -0.808. The third-order valence-electron chi connectivity index (χ3n) is 5.12. The number of aliphatic carboxylic acids is 1. The Bertz CT molecular complexity index is 547. The summed E-state index contributed by atoms with van der Waals surface area (Å²) in [6.07, 6.45) is 16.0. The number of alkyl halides is 1. The standard InChI is InChI=1S/C11H16O.C7H9NO2.C4H9I/c1-4-9-7-6-8(3)11(9)10(12)5-2;1-2-5-3-4-6(8-5)7(9)10;1-3-4(2)5/h1,8-9,11H,5-7H2,2-3H3;1,5-6,8H,3-4H2,(H,9,10);4H,3H2,1-2H3/t8-,9+,11?;5-,6-;/m10./s1. The molecule has 2 N–H and O–H groups in total. The maximum atomic E-state index is 11.5. The van der Waals surface area contributed by atoms with Crippen LogP contribution in [-0.4, -0.2) is 32.9 Å². The summed E-state index contributed by atoms with van der Waals surface area (Å²) >= 11 is 2.41. The lowest BCUT2D eigenvalue weighted by atomic mass is 9.86. The zero-order valence-electron chi connectivity index (χ0n) is 17.0. The molecule has 2 unspecified atom stereocenters. The second-order valence-electron chi connectivity index (χ2n) is 7.22. The van der Waals surface area contributed by atoms with Crippen molar-refractivity contribution >= 4 is 34.3 Å². The number of rotatable bonds is 4. The number of terminal acetylenes is 2. The predicted molar refractivity (Wildman–Crippen MR) is 120 cm³/mol. The van der Waals surface area contributed by atoms with Crippen molar-refractivity contribution in [3.63, 3.8) is 0 Å². The maximum Gasteiger partial charge on any atom is 0.320 e. The quantitative estimate of drug-likeness (QED) is 0.353. The molecule has 0 amide bonds. The molecular weight excluding hydrogens is 453 g/mol. The molecule has 2 aliphatic rings. The second kappa shape index (κ2) is 14.0. The van der Waals surface area contributed by atoms with Gasteiger partial charge in [-0.25, -0.2) is 0 Å². The van der Waals surface area contributed by atoms with Gasteiger partial charge in [0.15, 0.2) is 0 Å². The number of carbonyl (C=O) groups excluding carboxylic acids is 1. The molecule has 27 heavy (non-hydrogen) atoms. The van der Waals surface area contributed by atoms with Crippen LogP contribution in [0, 0.1) is 42.4 Å². The third kappa shape index (κ3) is 9.63. The number of ketones is 1. The first-order chi connectivity index (χ1) is 12.7. The van der Waals surface area contributed by atoms with E-state index >= 15 is 0 Å². The summed E-state index contributed by atoms with van der Waals surface area (Å²) in [5, 5.41) is 11.3. The zero-order chi connectivity index (χ0) is 21.0. The molecule has 4 nitrogen and oxygen atoms in total. The van der Waals surface area contributed by atoms with E-state index in [1.165, 1.54) is 6.42 Å². The lowest BCUT2D eigenvalue weighted by Gasteiger charge is -2.16. The van der Waals surface area contributed by atoms with Gasteiger partial charge in [0.1, 0.15) is 11.8 Å². The van der Waals surface area contributed by atoms with E-state index in [0.717, 1.165) is 23.2 Å². The van der Waals surface area contributed by atoms with Crippen LogP contribution in [0.3, 0.4) is 0 Å². The predicted octanol–water partition coefficient (Wildman–Crippen LogP) is 4.31. The highest BCUT2D eigenvalue weighted by Gasteiger charge is 2.36. The number of hydrogen-bond donors (Lipinski definition) is 2. The summed E-state index contributed by atoms with van der Waals surface area (Å²) in [7, 11) is 0. The molecule has 0 bridgehead atoms.